The van der Waals surface area contributed by atoms with E-state index in [0.29, 0.717) is 42.3 Å². The molecule has 0 spiro atoms. The first-order chi connectivity index (χ1) is 13.5. The van der Waals surface area contributed by atoms with Crippen LogP contribution in [-0.4, -0.2) is 30.3 Å². The lowest BCUT2D eigenvalue weighted by molar-refractivity contribution is -0.130. The first kappa shape index (κ1) is 20.2. The number of carbonyl (C=O) groups is 2. The summed E-state index contributed by atoms with van der Waals surface area (Å²) in [6, 6.07) is 12.9. The molecule has 5 nitrogen and oxygen atoms in total. The second-order valence-electron chi connectivity index (χ2n) is 6.39. The number of carbonyl (C=O) groups excluding carboxylic acids is 2. The van der Waals surface area contributed by atoms with Gasteiger partial charge in [-0.15, -0.1) is 0 Å². The van der Waals surface area contributed by atoms with Crippen LogP contribution in [0.3, 0.4) is 0 Å². The molecule has 1 N–H and O–H groups in total. The van der Waals surface area contributed by atoms with Crippen molar-refractivity contribution in [3.8, 4) is 11.3 Å². The fourth-order valence-electron chi connectivity index (χ4n) is 2.68. The van der Waals surface area contributed by atoms with E-state index < -0.39 is 0 Å². The zero-order chi connectivity index (χ0) is 19.9. The topological polar surface area (TPSA) is 62.6 Å². The van der Waals surface area contributed by atoms with Gasteiger partial charge < -0.3 is 14.6 Å². The van der Waals surface area contributed by atoms with Crippen molar-refractivity contribution < 1.29 is 14.0 Å². The van der Waals surface area contributed by atoms with Crippen LogP contribution in [0.5, 0.6) is 0 Å². The van der Waals surface area contributed by atoms with E-state index in [1.54, 1.807) is 23.4 Å². The molecule has 28 heavy (non-hydrogen) atoms. The summed E-state index contributed by atoms with van der Waals surface area (Å²) in [7, 11) is 1.75. The predicted octanol–water partition coefficient (Wildman–Crippen LogP) is 4.83. The average molecular weight is 417 g/mol. The van der Waals surface area contributed by atoms with Gasteiger partial charge in [0.05, 0.1) is 6.54 Å². The largest absolute Gasteiger partial charge is 0.459 e. The van der Waals surface area contributed by atoms with Crippen molar-refractivity contribution in [3.63, 3.8) is 0 Å². The maximum Gasteiger partial charge on any atom is 0.252 e. The number of halogens is 1. The highest BCUT2D eigenvalue weighted by molar-refractivity contribution is 7.08. The van der Waals surface area contributed by atoms with E-state index in [0.717, 1.165) is 11.3 Å². The standard InChI is InChI=1S/C21H21ClN2O3S/c1-24(20(25)3-2-11-23-21(26)16-10-12-28-14-16)13-18-8-9-19(27-18)15-4-6-17(22)7-5-15/h4-10,12,14H,2-3,11,13H2,1H3,(H,23,26). The average Bonchev–Trinajstić information content (AvgIpc) is 3.37. The van der Waals surface area contributed by atoms with E-state index in [4.69, 9.17) is 16.0 Å². The minimum Gasteiger partial charge on any atom is -0.459 e. The van der Waals surface area contributed by atoms with Crippen molar-refractivity contribution in [2.75, 3.05) is 13.6 Å². The number of nitrogens with one attached hydrogen (secondary N) is 1. The third-order valence-electron chi connectivity index (χ3n) is 4.25. The Hall–Kier alpha value is -2.57. The number of rotatable bonds is 8. The van der Waals surface area contributed by atoms with Crippen molar-refractivity contribution in [3.05, 3.63) is 69.6 Å². The van der Waals surface area contributed by atoms with Crippen molar-refractivity contribution in [2.45, 2.75) is 19.4 Å². The molecule has 7 heteroatoms. The van der Waals surface area contributed by atoms with Crippen molar-refractivity contribution in [2.24, 2.45) is 0 Å². The number of benzene rings is 1. The molecule has 0 radical (unpaired) electrons. The third kappa shape index (κ3) is 5.47. The van der Waals surface area contributed by atoms with Gasteiger partial charge in [0.2, 0.25) is 5.91 Å². The minimum absolute atomic E-state index is 0.00854. The second-order valence-corrected chi connectivity index (χ2v) is 7.61. The van der Waals surface area contributed by atoms with Crippen molar-refractivity contribution in [1.29, 1.82) is 0 Å². The lowest BCUT2D eigenvalue weighted by Crippen LogP contribution is -2.28. The Morgan fingerprint density at radius 1 is 1.14 bits per heavy atom. The zero-order valence-corrected chi connectivity index (χ0v) is 17.1. The molecule has 0 aliphatic heterocycles. The smallest absolute Gasteiger partial charge is 0.252 e. The van der Waals surface area contributed by atoms with Gasteiger partial charge in [0, 0.05) is 41.5 Å². The summed E-state index contributed by atoms with van der Waals surface area (Å²) in [6.45, 7) is 0.864. The van der Waals surface area contributed by atoms with Gasteiger partial charge in [0.15, 0.2) is 0 Å². The number of hydrogen-bond donors (Lipinski definition) is 1. The van der Waals surface area contributed by atoms with Crippen LogP contribution in [0.25, 0.3) is 11.3 Å². The van der Waals surface area contributed by atoms with Crippen LogP contribution in [-0.2, 0) is 11.3 Å². The summed E-state index contributed by atoms with van der Waals surface area (Å²) in [5.41, 5.74) is 1.59. The zero-order valence-electron chi connectivity index (χ0n) is 15.5. The molecule has 3 aromatic rings. The Morgan fingerprint density at radius 2 is 1.93 bits per heavy atom. The van der Waals surface area contributed by atoms with E-state index in [-0.39, 0.29) is 11.8 Å². The van der Waals surface area contributed by atoms with Gasteiger partial charge in [0.25, 0.3) is 5.91 Å². The number of thiophene rings is 1. The Balaban J connectivity index is 1.43. The van der Waals surface area contributed by atoms with E-state index >= 15 is 0 Å². The molecule has 0 saturated carbocycles. The SMILES string of the molecule is CN(Cc1ccc(-c2ccc(Cl)cc2)o1)C(=O)CCCNC(=O)c1ccsc1. The monoisotopic (exact) mass is 416 g/mol. The van der Waals surface area contributed by atoms with Gasteiger partial charge >= 0.3 is 0 Å². The molecule has 0 unspecified atom stereocenters. The Kier molecular flexibility index (Phi) is 6.90. The van der Waals surface area contributed by atoms with Crippen LogP contribution >= 0.6 is 22.9 Å². The van der Waals surface area contributed by atoms with E-state index in [1.165, 1.54) is 11.3 Å². The highest BCUT2D eigenvalue weighted by atomic mass is 35.5. The maximum atomic E-state index is 12.3. The van der Waals surface area contributed by atoms with Crippen molar-refractivity contribution in [1.82, 2.24) is 10.2 Å². The summed E-state index contributed by atoms with van der Waals surface area (Å²) in [5, 5.41) is 7.16. The van der Waals surface area contributed by atoms with E-state index in [1.807, 2.05) is 41.8 Å². The summed E-state index contributed by atoms with van der Waals surface area (Å²) in [4.78, 5) is 25.8. The Bertz CT molecular complexity index is 920. The molecule has 146 valence electrons. The molecule has 0 atom stereocenters. The molecule has 2 aromatic heterocycles. The molecular weight excluding hydrogens is 396 g/mol. The van der Waals surface area contributed by atoms with E-state index in [2.05, 4.69) is 5.32 Å². The normalized spacial score (nSPS) is 10.6. The molecule has 0 fully saturated rings. The minimum atomic E-state index is -0.104. The summed E-state index contributed by atoms with van der Waals surface area (Å²) in [6.07, 6.45) is 0.957. The number of nitrogens with zero attached hydrogens (tertiary/aromatic N) is 1. The highest BCUT2D eigenvalue weighted by Gasteiger charge is 2.13. The first-order valence-corrected chi connectivity index (χ1v) is 10.2. The lowest BCUT2D eigenvalue weighted by Gasteiger charge is -2.15. The van der Waals surface area contributed by atoms with Crippen molar-refractivity contribution >= 4 is 34.8 Å². The fraction of sp³-hybridized carbons (Fsp3) is 0.238. The van der Waals surface area contributed by atoms with Crippen LogP contribution in [0.1, 0.15) is 29.0 Å². The van der Waals surface area contributed by atoms with Gasteiger partial charge in [-0.25, -0.2) is 0 Å². The predicted molar refractivity (Wildman–Crippen MR) is 112 cm³/mol. The highest BCUT2D eigenvalue weighted by Crippen LogP contribution is 2.24. The number of amides is 2. The van der Waals surface area contributed by atoms with Crippen LogP contribution in [0.15, 0.2) is 57.6 Å². The molecule has 0 saturated heterocycles. The third-order valence-corrected chi connectivity index (χ3v) is 5.18. The summed E-state index contributed by atoms with van der Waals surface area (Å²) >= 11 is 7.39. The van der Waals surface area contributed by atoms with Gasteiger partial charge in [-0.1, -0.05) is 11.6 Å². The van der Waals surface area contributed by atoms with Gasteiger partial charge in [-0.3, -0.25) is 9.59 Å². The molecule has 0 aliphatic rings. The van der Waals surface area contributed by atoms with Crippen LogP contribution in [0, 0.1) is 0 Å². The molecule has 3 rings (SSSR count). The summed E-state index contributed by atoms with van der Waals surface area (Å²) < 4.78 is 5.84. The van der Waals surface area contributed by atoms with Gasteiger partial charge in [0.1, 0.15) is 11.5 Å². The Morgan fingerprint density at radius 3 is 2.64 bits per heavy atom. The number of hydrogen-bond acceptors (Lipinski definition) is 4. The second kappa shape index (κ2) is 9.57. The van der Waals surface area contributed by atoms with Crippen LogP contribution in [0.4, 0.5) is 0 Å². The van der Waals surface area contributed by atoms with Crippen LogP contribution in [0.2, 0.25) is 5.02 Å². The van der Waals surface area contributed by atoms with Crippen LogP contribution < -0.4 is 5.32 Å². The molecule has 1 aromatic carbocycles. The molecule has 0 bridgehead atoms. The van der Waals surface area contributed by atoms with Gasteiger partial charge in [-0.05, 0) is 54.3 Å². The van der Waals surface area contributed by atoms with Gasteiger partial charge in [-0.2, -0.15) is 11.3 Å². The molecule has 2 heterocycles. The Labute approximate surface area is 172 Å². The summed E-state index contributed by atoms with van der Waals surface area (Å²) in [5.74, 6) is 1.36. The number of furan rings is 1. The first-order valence-electron chi connectivity index (χ1n) is 8.92. The molecular formula is C21H21ClN2O3S. The van der Waals surface area contributed by atoms with E-state index in [9.17, 15) is 9.59 Å². The lowest BCUT2D eigenvalue weighted by atomic mass is 10.2. The molecule has 0 aliphatic carbocycles. The molecule has 2 amide bonds. The quantitative estimate of drug-likeness (QED) is 0.535. The maximum absolute atomic E-state index is 12.3. The fourth-order valence-corrected chi connectivity index (χ4v) is 3.44.